The molecule has 0 fully saturated rings. The van der Waals surface area contributed by atoms with E-state index < -0.39 is 6.04 Å². The largest absolute Gasteiger partial charge is 0.352 e. The lowest BCUT2D eigenvalue weighted by Gasteiger charge is -2.30. The van der Waals surface area contributed by atoms with Crippen LogP contribution in [0.15, 0.2) is 42.5 Å². The van der Waals surface area contributed by atoms with Crippen molar-refractivity contribution in [1.29, 1.82) is 0 Å². The fraction of sp³-hybridized carbons (Fsp3) is 0.440. The first-order valence-corrected chi connectivity index (χ1v) is 10.4. The molecule has 0 heterocycles. The Labute approximate surface area is 175 Å². The molecule has 0 aliphatic carbocycles. The van der Waals surface area contributed by atoms with Crippen molar-refractivity contribution in [1.82, 2.24) is 10.2 Å². The highest BCUT2D eigenvalue weighted by atomic mass is 16.2. The lowest BCUT2D eigenvalue weighted by Crippen LogP contribution is -2.50. The number of rotatable bonds is 8. The first-order valence-electron chi connectivity index (χ1n) is 10.4. The minimum Gasteiger partial charge on any atom is -0.352 e. The fourth-order valence-electron chi connectivity index (χ4n) is 3.21. The molecule has 2 amide bonds. The Bertz CT molecular complexity index is 860. The van der Waals surface area contributed by atoms with Crippen molar-refractivity contribution in [2.75, 3.05) is 0 Å². The molecule has 0 aliphatic heterocycles. The van der Waals surface area contributed by atoms with Gasteiger partial charge in [0.05, 0.1) is 6.42 Å². The van der Waals surface area contributed by atoms with E-state index in [0.29, 0.717) is 6.54 Å². The highest BCUT2D eigenvalue weighted by Gasteiger charge is 2.27. The van der Waals surface area contributed by atoms with Gasteiger partial charge in [-0.05, 0) is 68.9 Å². The first-order chi connectivity index (χ1) is 13.7. The molecule has 156 valence electrons. The molecule has 0 aliphatic rings. The topological polar surface area (TPSA) is 49.4 Å². The van der Waals surface area contributed by atoms with E-state index in [4.69, 9.17) is 0 Å². The van der Waals surface area contributed by atoms with Gasteiger partial charge in [-0.1, -0.05) is 49.4 Å². The Kier molecular flexibility index (Phi) is 8.00. The molecule has 0 spiro atoms. The highest BCUT2D eigenvalue weighted by molar-refractivity contribution is 5.88. The number of carbonyl (C=O) groups is 2. The number of amides is 2. The maximum atomic E-state index is 13.3. The van der Waals surface area contributed by atoms with Gasteiger partial charge in [-0.2, -0.15) is 0 Å². The third-order valence-corrected chi connectivity index (χ3v) is 5.70. The van der Waals surface area contributed by atoms with Crippen molar-refractivity contribution >= 4 is 11.8 Å². The summed E-state index contributed by atoms with van der Waals surface area (Å²) in [5, 5.41) is 3.01. The van der Waals surface area contributed by atoms with Crippen LogP contribution in [-0.4, -0.2) is 28.8 Å². The van der Waals surface area contributed by atoms with Crippen molar-refractivity contribution in [2.45, 2.75) is 73.0 Å². The number of aryl methyl sites for hydroxylation is 3. The van der Waals surface area contributed by atoms with E-state index >= 15 is 0 Å². The number of nitrogens with zero attached hydrogens (tertiary/aromatic N) is 1. The highest BCUT2D eigenvalue weighted by Crippen LogP contribution is 2.17. The van der Waals surface area contributed by atoms with Crippen molar-refractivity contribution in [3.8, 4) is 0 Å². The van der Waals surface area contributed by atoms with E-state index in [1.165, 1.54) is 11.1 Å². The average molecular weight is 395 g/mol. The average Bonchev–Trinajstić information content (AvgIpc) is 2.69. The molecule has 0 radical (unpaired) electrons. The van der Waals surface area contributed by atoms with E-state index in [2.05, 4.69) is 25.2 Å². The van der Waals surface area contributed by atoms with Gasteiger partial charge < -0.3 is 10.2 Å². The second kappa shape index (κ2) is 10.2. The second-order valence-corrected chi connectivity index (χ2v) is 8.04. The summed E-state index contributed by atoms with van der Waals surface area (Å²) in [6.07, 6.45) is 1.14. The normalized spacial score (nSPS) is 12.9. The summed E-state index contributed by atoms with van der Waals surface area (Å²) in [5.41, 5.74) is 5.53. The van der Waals surface area contributed by atoms with Crippen molar-refractivity contribution in [3.05, 3.63) is 70.3 Å². The Morgan fingerprint density at radius 1 is 0.966 bits per heavy atom. The van der Waals surface area contributed by atoms with E-state index in [9.17, 15) is 9.59 Å². The Balaban J connectivity index is 2.27. The number of carbonyl (C=O) groups excluding carboxylic acids is 2. The summed E-state index contributed by atoms with van der Waals surface area (Å²) in [4.78, 5) is 27.8. The maximum absolute atomic E-state index is 13.3. The molecule has 4 nitrogen and oxygen atoms in total. The van der Waals surface area contributed by atoms with Crippen LogP contribution in [0.2, 0.25) is 0 Å². The molecule has 2 aromatic carbocycles. The smallest absolute Gasteiger partial charge is 0.242 e. The standard InChI is InChI=1S/C25H34N2O2/c1-7-20(5)26-25(29)21(6)27(16-23-11-9-8-10-18(23)3)24(28)15-22-13-12-17(2)19(4)14-22/h8-14,20-21H,7,15-16H2,1-6H3,(H,26,29)/t20-,21+/m1/s1. The summed E-state index contributed by atoms with van der Waals surface area (Å²) in [6.45, 7) is 12.4. The summed E-state index contributed by atoms with van der Waals surface area (Å²) in [5.74, 6) is -0.148. The van der Waals surface area contributed by atoms with Gasteiger partial charge in [-0.25, -0.2) is 0 Å². The summed E-state index contributed by atoms with van der Waals surface area (Å²) in [7, 11) is 0. The number of hydrogen-bond acceptors (Lipinski definition) is 2. The zero-order chi connectivity index (χ0) is 21.6. The minimum absolute atomic E-state index is 0.0386. The quantitative estimate of drug-likeness (QED) is 0.717. The van der Waals surface area contributed by atoms with Gasteiger partial charge >= 0.3 is 0 Å². The van der Waals surface area contributed by atoms with Crippen LogP contribution in [0.4, 0.5) is 0 Å². The van der Waals surface area contributed by atoms with E-state index in [0.717, 1.165) is 23.1 Å². The zero-order valence-corrected chi connectivity index (χ0v) is 18.6. The molecular weight excluding hydrogens is 360 g/mol. The Morgan fingerprint density at radius 2 is 1.66 bits per heavy atom. The molecule has 0 aromatic heterocycles. The van der Waals surface area contributed by atoms with Gasteiger partial charge in [-0.3, -0.25) is 9.59 Å². The molecule has 2 atom stereocenters. The van der Waals surface area contributed by atoms with Crippen LogP contribution < -0.4 is 5.32 Å². The van der Waals surface area contributed by atoms with Crippen LogP contribution in [0.25, 0.3) is 0 Å². The van der Waals surface area contributed by atoms with Crippen molar-refractivity contribution in [2.24, 2.45) is 0 Å². The van der Waals surface area contributed by atoms with E-state index in [1.807, 2.05) is 64.1 Å². The molecule has 4 heteroatoms. The third-order valence-electron chi connectivity index (χ3n) is 5.70. The lowest BCUT2D eigenvalue weighted by atomic mass is 10.0. The van der Waals surface area contributed by atoms with Gasteiger partial charge in [0.2, 0.25) is 11.8 Å². The summed E-state index contributed by atoms with van der Waals surface area (Å²) < 4.78 is 0. The molecule has 1 N–H and O–H groups in total. The van der Waals surface area contributed by atoms with Crippen LogP contribution in [0.3, 0.4) is 0 Å². The van der Waals surface area contributed by atoms with E-state index in [1.54, 1.807) is 4.90 Å². The van der Waals surface area contributed by atoms with Gasteiger partial charge in [0.1, 0.15) is 6.04 Å². The Hall–Kier alpha value is -2.62. The van der Waals surface area contributed by atoms with Crippen LogP contribution >= 0.6 is 0 Å². The summed E-state index contributed by atoms with van der Waals surface area (Å²) >= 11 is 0. The molecule has 0 saturated carbocycles. The van der Waals surface area contributed by atoms with Crippen LogP contribution in [0.5, 0.6) is 0 Å². The molecule has 0 unspecified atom stereocenters. The molecular formula is C25H34N2O2. The number of benzene rings is 2. The monoisotopic (exact) mass is 394 g/mol. The zero-order valence-electron chi connectivity index (χ0n) is 18.6. The third kappa shape index (κ3) is 6.18. The predicted molar refractivity (Wildman–Crippen MR) is 119 cm³/mol. The first kappa shape index (κ1) is 22.7. The van der Waals surface area contributed by atoms with Gasteiger partial charge in [0.25, 0.3) is 0 Å². The molecule has 0 bridgehead atoms. The van der Waals surface area contributed by atoms with Crippen molar-refractivity contribution < 1.29 is 9.59 Å². The maximum Gasteiger partial charge on any atom is 0.242 e. The van der Waals surface area contributed by atoms with Crippen molar-refractivity contribution in [3.63, 3.8) is 0 Å². The van der Waals surface area contributed by atoms with E-state index in [-0.39, 0.29) is 24.3 Å². The lowest BCUT2D eigenvalue weighted by molar-refractivity contribution is -0.140. The molecule has 2 aromatic rings. The molecule has 2 rings (SSSR count). The van der Waals surface area contributed by atoms with Crippen LogP contribution in [0, 0.1) is 20.8 Å². The Morgan fingerprint density at radius 3 is 2.28 bits per heavy atom. The van der Waals surface area contributed by atoms with Gasteiger partial charge in [0, 0.05) is 12.6 Å². The summed E-state index contributed by atoms with van der Waals surface area (Å²) in [6, 6.07) is 13.7. The number of hydrogen-bond donors (Lipinski definition) is 1. The minimum atomic E-state index is -0.539. The molecule has 0 saturated heterocycles. The fourth-order valence-corrected chi connectivity index (χ4v) is 3.21. The number of nitrogens with one attached hydrogen (secondary N) is 1. The predicted octanol–water partition coefficient (Wildman–Crippen LogP) is 4.49. The van der Waals surface area contributed by atoms with Crippen LogP contribution in [-0.2, 0) is 22.6 Å². The van der Waals surface area contributed by atoms with Gasteiger partial charge in [-0.15, -0.1) is 0 Å². The molecule has 29 heavy (non-hydrogen) atoms. The SMILES string of the molecule is CC[C@@H](C)NC(=O)[C@H](C)N(Cc1ccccc1C)C(=O)Cc1ccc(C)c(C)c1. The van der Waals surface area contributed by atoms with Crippen LogP contribution in [0.1, 0.15) is 55.0 Å². The second-order valence-electron chi connectivity index (χ2n) is 8.04. The van der Waals surface area contributed by atoms with Gasteiger partial charge in [0.15, 0.2) is 0 Å².